The molecule has 0 saturated carbocycles. The Bertz CT molecular complexity index is 566. The smallest absolute Gasteiger partial charge is 0.306 e. The van der Waals surface area contributed by atoms with E-state index in [0.717, 1.165) is 0 Å². The molecule has 1 amide bonds. The van der Waals surface area contributed by atoms with Crippen LogP contribution < -0.4 is 5.32 Å². The lowest BCUT2D eigenvalue weighted by Gasteiger charge is -2.29. The van der Waals surface area contributed by atoms with Gasteiger partial charge in [0.05, 0.1) is 11.6 Å². The highest BCUT2D eigenvalue weighted by molar-refractivity contribution is 9.10. The highest BCUT2D eigenvalue weighted by atomic mass is 79.9. The summed E-state index contributed by atoms with van der Waals surface area (Å²) >= 11 is 3.16. The fraction of sp³-hybridized carbons (Fsp3) is 0.467. The summed E-state index contributed by atoms with van der Waals surface area (Å²) in [4.78, 5) is 24.8. The number of piperidine rings is 1. The molecule has 0 aromatic heterocycles. The Labute approximate surface area is 148 Å². The van der Waals surface area contributed by atoms with E-state index in [1.165, 1.54) is 12.1 Å². The molecule has 0 atom stereocenters. The molecule has 1 aromatic carbocycles. The Morgan fingerprint density at radius 2 is 2.00 bits per heavy atom. The zero-order chi connectivity index (χ0) is 16.1. The van der Waals surface area contributed by atoms with Gasteiger partial charge in [0.1, 0.15) is 5.82 Å². The van der Waals surface area contributed by atoms with Crippen molar-refractivity contribution in [3.05, 3.63) is 28.5 Å². The number of likely N-dealkylation sites (tertiary alicyclic amines) is 1. The zero-order valence-corrected chi connectivity index (χ0v) is 14.8. The van der Waals surface area contributed by atoms with Crippen LogP contribution >= 0.6 is 28.3 Å². The number of nitrogens with zero attached hydrogens (tertiary/aromatic N) is 1. The molecule has 0 spiro atoms. The lowest BCUT2D eigenvalue weighted by Crippen LogP contribution is -2.37. The number of carbonyl (C=O) groups is 2. The van der Waals surface area contributed by atoms with E-state index in [0.29, 0.717) is 36.9 Å². The van der Waals surface area contributed by atoms with Gasteiger partial charge in [-0.05, 0) is 44.1 Å². The van der Waals surface area contributed by atoms with Crippen LogP contribution in [0.3, 0.4) is 0 Å². The second-order valence-electron chi connectivity index (χ2n) is 5.38. The average Bonchev–Trinajstić information content (AvgIpc) is 2.48. The standard InChI is InChI=1S/C15H18BrFN2O3.ClH/c16-11-1-2-13(12(17)9-11)18-14(20)5-8-19-6-3-10(4-7-19)15(21)22;/h1-2,9-10H,3-8H2,(H,18,20)(H,21,22);1H. The van der Waals surface area contributed by atoms with Gasteiger partial charge in [-0.25, -0.2) is 4.39 Å². The second-order valence-corrected chi connectivity index (χ2v) is 6.29. The summed E-state index contributed by atoms with van der Waals surface area (Å²) < 4.78 is 14.2. The molecule has 1 aliphatic rings. The van der Waals surface area contributed by atoms with Crippen LogP contribution in [0.5, 0.6) is 0 Å². The monoisotopic (exact) mass is 408 g/mol. The first kappa shape index (κ1) is 19.9. The van der Waals surface area contributed by atoms with Crippen LogP contribution in [0, 0.1) is 11.7 Å². The lowest BCUT2D eigenvalue weighted by atomic mass is 9.97. The minimum Gasteiger partial charge on any atom is -0.481 e. The highest BCUT2D eigenvalue weighted by Gasteiger charge is 2.24. The van der Waals surface area contributed by atoms with Crippen molar-refractivity contribution in [3.8, 4) is 0 Å². The summed E-state index contributed by atoms with van der Waals surface area (Å²) in [5.74, 6) is -1.75. The number of halogens is 3. The molecule has 1 heterocycles. The maximum Gasteiger partial charge on any atom is 0.306 e. The SMILES string of the molecule is Cl.O=C(CCN1CCC(C(=O)O)CC1)Nc1ccc(Br)cc1F. The third kappa shape index (κ3) is 6.08. The van der Waals surface area contributed by atoms with Gasteiger partial charge in [0.2, 0.25) is 5.91 Å². The number of carboxylic acid groups (broad SMARTS) is 1. The fourth-order valence-electron chi connectivity index (χ4n) is 2.47. The molecule has 2 rings (SSSR count). The summed E-state index contributed by atoms with van der Waals surface area (Å²) in [5.41, 5.74) is 0.165. The van der Waals surface area contributed by atoms with E-state index >= 15 is 0 Å². The van der Waals surface area contributed by atoms with Crippen molar-refractivity contribution < 1.29 is 19.1 Å². The van der Waals surface area contributed by atoms with Gasteiger partial charge in [-0.1, -0.05) is 15.9 Å². The van der Waals surface area contributed by atoms with Gasteiger partial charge in [-0.3, -0.25) is 9.59 Å². The molecule has 0 aliphatic carbocycles. The number of carbonyl (C=O) groups excluding carboxylic acids is 1. The number of hydrogen-bond acceptors (Lipinski definition) is 3. The molecular formula is C15H19BrClFN2O3. The summed E-state index contributed by atoms with van der Waals surface area (Å²) in [6, 6.07) is 4.47. The number of rotatable bonds is 5. The van der Waals surface area contributed by atoms with Crippen LogP contribution in [0.25, 0.3) is 0 Å². The number of aliphatic carboxylic acids is 1. The molecule has 0 unspecified atom stereocenters. The van der Waals surface area contributed by atoms with Crippen molar-refractivity contribution in [3.63, 3.8) is 0 Å². The predicted molar refractivity (Wildman–Crippen MR) is 91.4 cm³/mol. The Hall–Kier alpha value is -1.18. The molecule has 128 valence electrons. The van der Waals surface area contributed by atoms with E-state index in [4.69, 9.17) is 5.11 Å². The number of carboxylic acids is 1. The van der Waals surface area contributed by atoms with Crippen LogP contribution in [0.1, 0.15) is 19.3 Å². The van der Waals surface area contributed by atoms with E-state index in [-0.39, 0.29) is 36.3 Å². The Kier molecular flexibility index (Phi) is 7.94. The number of hydrogen-bond donors (Lipinski definition) is 2. The van der Waals surface area contributed by atoms with Gasteiger partial charge >= 0.3 is 5.97 Å². The Balaban J connectivity index is 0.00000264. The molecular weight excluding hydrogens is 391 g/mol. The average molecular weight is 410 g/mol. The first-order valence-electron chi connectivity index (χ1n) is 7.16. The van der Waals surface area contributed by atoms with Crippen LogP contribution in [0.15, 0.2) is 22.7 Å². The van der Waals surface area contributed by atoms with Gasteiger partial charge < -0.3 is 15.3 Å². The minimum atomic E-state index is -0.747. The molecule has 2 N–H and O–H groups in total. The van der Waals surface area contributed by atoms with Crippen LogP contribution in [-0.2, 0) is 9.59 Å². The van der Waals surface area contributed by atoms with Gasteiger partial charge in [0.25, 0.3) is 0 Å². The maximum absolute atomic E-state index is 13.6. The summed E-state index contributed by atoms with van der Waals surface area (Å²) in [5, 5.41) is 11.5. The summed E-state index contributed by atoms with van der Waals surface area (Å²) in [6.07, 6.45) is 1.48. The van der Waals surface area contributed by atoms with Gasteiger partial charge in [0, 0.05) is 17.4 Å². The van der Waals surface area contributed by atoms with E-state index in [1.54, 1.807) is 6.07 Å². The third-order valence-electron chi connectivity index (χ3n) is 3.80. The molecule has 1 aliphatic heterocycles. The van der Waals surface area contributed by atoms with Crippen LogP contribution in [0.2, 0.25) is 0 Å². The quantitative estimate of drug-likeness (QED) is 0.784. The predicted octanol–water partition coefficient (Wildman–Crippen LogP) is 3.14. The largest absolute Gasteiger partial charge is 0.481 e. The molecule has 23 heavy (non-hydrogen) atoms. The molecule has 1 fully saturated rings. The topological polar surface area (TPSA) is 69.6 Å². The Morgan fingerprint density at radius 3 is 2.57 bits per heavy atom. The molecule has 0 bridgehead atoms. The molecule has 1 aromatic rings. The molecule has 1 saturated heterocycles. The zero-order valence-electron chi connectivity index (χ0n) is 12.4. The number of anilines is 1. The lowest BCUT2D eigenvalue weighted by molar-refractivity contribution is -0.143. The molecule has 8 heteroatoms. The highest BCUT2D eigenvalue weighted by Crippen LogP contribution is 2.20. The summed E-state index contributed by atoms with van der Waals surface area (Å²) in [6.45, 7) is 1.91. The number of benzene rings is 1. The summed E-state index contributed by atoms with van der Waals surface area (Å²) in [7, 11) is 0. The minimum absolute atomic E-state index is 0. The van der Waals surface area contributed by atoms with E-state index in [9.17, 15) is 14.0 Å². The normalized spacial score (nSPS) is 15.7. The first-order chi connectivity index (χ1) is 10.5. The third-order valence-corrected chi connectivity index (χ3v) is 4.29. The number of amides is 1. The van der Waals surface area contributed by atoms with Gasteiger partial charge in [-0.2, -0.15) is 0 Å². The van der Waals surface area contributed by atoms with E-state index in [1.807, 2.05) is 0 Å². The van der Waals surface area contributed by atoms with Crippen LogP contribution in [-0.4, -0.2) is 41.5 Å². The number of nitrogens with one attached hydrogen (secondary N) is 1. The van der Waals surface area contributed by atoms with Gasteiger partial charge in [0.15, 0.2) is 0 Å². The first-order valence-corrected chi connectivity index (χ1v) is 7.95. The van der Waals surface area contributed by atoms with E-state index < -0.39 is 11.8 Å². The van der Waals surface area contributed by atoms with Crippen molar-refractivity contribution in [2.75, 3.05) is 25.0 Å². The Morgan fingerprint density at radius 1 is 1.35 bits per heavy atom. The van der Waals surface area contributed by atoms with Crippen molar-refractivity contribution in [2.45, 2.75) is 19.3 Å². The molecule has 0 radical (unpaired) electrons. The van der Waals surface area contributed by atoms with Crippen molar-refractivity contribution in [2.24, 2.45) is 5.92 Å². The van der Waals surface area contributed by atoms with Crippen molar-refractivity contribution in [1.82, 2.24) is 4.90 Å². The van der Waals surface area contributed by atoms with Crippen molar-refractivity contribution in [1.29, 1.82) is 0 Å². The van der Waals surface area contributed by atoms with E-state index in [2.05, 4.69) is 26.1 Å². The molecule has 5 nitrogen and oxygen atoms in total. The van der Waals surface area contributed by atoms with Crippen molar-refractivity contribution >= 4 is 45.9 Å². The van der Waals surface area contributed by atoms with Gasteiger partial charge in [-0.15, -0.1) is 12.4 Å². The maximum atomic E-state index is 13.6. The second kappa shape index (κ2) is 9.20. The fourth-order valence-corrected chi connectivity index (χ4v) is 2.80. The van der Waals surface area contributed by atoms with Crippen LogP contribution in [0.4, 0.5) is 10.1 Å².